The summed E-state index contributed by atoms with van der Waals surface area (Å²) in [7, 11) is 0. The van der Waals surface area contributed by atoms with Crippen molar-refractivity contribution in [3.63, 3.8) is 0 Å². The predicted octanol–water partition coefficient (Wildman–Crippen LogP) is 8.23. The minimum absolute atomic E-state index is 0.860. The summed E-state index contributed by atoms with van der Waals surface area (Å²) in [6, 6.07) is 38.2. The third-order valence-corrected chi connectivity index (χ3v) is 6.53. The molecule has 160 valence electrons. The van der Waals surface area contributed by atoms with E-state index in [-0.39, 0.29) is 0 Å². The molecule has 0 bridgehead atoms. The van der Waals surface area contributed by atoms with Gasteiger partial charge in [0.15, 0.2) is 0 Å². The van der Waals surface area contributed by atoms with Gasteiger partial charge in [-0.1, -0.05) is 78.9 Å². The molecule has 0 saturated carbocycles. The van der Waals surface area contributed by atoms with E-state index in [0.717, 1.165) is 44.6 Å². The molecule has 3 aromatic heterocycles. The van der Waals surface area contributed by atoms with Crippen LogP contribution in [0.4, 0.5) is 0 Å². The molecule has 0 saturated heterocycles. The molecule has 7 aromatic rings. The van der Waals surface area contributed by atoms with Crippen LogP contribution in [0.25, 0.3) is 60.8 Å². The van der Waals surface area contributed by atoms with Gasteiger partial charge in [0.1, 0.15) is 5.76 Å². The Morgan fingerprint density at radius 3 is 2.24 bits per heavy atom. The lowest BCUT2D eigenvalue weighted by Crippen LogP contribution is -1.95. The van der Waals surface area contributed by atoms with Crippen molar-refractivity contribution in [2.75, 3.05) is 0 Å². The molecule has 0 unspecified atom stereocenters. The maximum Gasteiger partial charge on any atom is 0.133 e. The second-order valence-electron chi connectivity index (χ2n) is 8.56. The van der Waals surface area contributed by atoms with Crippen LogP contribution < -0.4 is 0 Å². The maximum absolute atomic E-state index is 5.70. The number of hydrogen-bond acceptors (Lipinski definition) is 2. The van der Waals surface area contributed by atoms with Crippen LogP contribution in [0.5, 0.6) is 0 Å². The highest BCUT2D eigenvalue weighted by Crippen LogP contribution is 2.37. The first kappa shape index (κ1) is 18.9. The first-order chi connectivity index (χ1) is 16.8. The number of hydrogen-bond donors (Lipinski definition) is 0. The van der Waals surface area contributed by atoms with Gasteiger partial charge in [-0.25, -0.2) is 4.52 Å². The number of pyridine rings is 1. The Morgan fingerprint density at radius 2 is 1.38 bits per heavy atom. The Hall–Kier alpha value is -4.63. The van der Waals surface area contributed by atoms with Crippen molar-refractivity contribution in [2.24, 2.45) is 0 Å². The second-order valence-corrected chi connectivity index (χ2v) is 8.56. The van der Waals surface area contributed by atoms with E-state index in [1.54, 1.807) is 6.26 Å². The average Bonchev–Trinajstić information content (AvgIpc) is 3.59. The highest BCUT2D eigenvalue weighted by atomic mass is 16.3. The lowest BCUT2D eigenvalue weighted by atomic mass is 9.98. The molecule has 0 atom stereocenters. The van der Waals surface area contributed by atoms with Gasteiger partial charge in [-0.3, -0.25) is 0 Å². The molecular formula is C31H20N2O. The quantitative estimate of drug-likeness (QED) is 0.279. The molecule has 34 heavy (non-hydrogen) atoms. The Labute approximate surface area is 196 Å². The summed E-state index contributed by atoms with van der Waals surface area (Å²) >= 11 is 0. The summed E-state index contributed by atoms with van der Waals surface area (Å²) in [5, 5.41) is 9.66. The van der Waals surface area contributed by atoms with Crippen molar-refractivity contribution in [1.82, 2.24) is 9.61 Å². The van der Waals surface area contributed by atoms with E-state index in [4.69, 9.17) is 9.52 Å². The molecule has 7 rings (SSSR count). The summed E-state index contributed by atoms with van der Waals surface area (Å²) < 4.78 is 7.77. The Balaban J connectivity index is 1.57. The zero-order valence-corrected chi connectivity index (χ0v) is 18.3. The maximum atomic E-state index is 5.70. The van der Waals surface area contributed by atoms with Crippen molar-refractivity contribution in [2.45, 2.75) is 0 Å². The molecule has 0 radical (unpaired) electrons. The molecule has 0 fully saturated rings. The zero-order chi connectivity index (χ0) is 22.5. The highest BCUT2D eigenvalue weighted by molar-refractivity contribution is 6.07. The summed E-state index contributed by atoms with van der Waals surface area (Å²) in [6.45, 7) is 0. The Kier molecular flexibility index (Phi) is 4.15. The average molecular weight is 437 g/mol. The predicted molar refractivity (Wildman–Crippen MR) is 139 cm³/mol. The molecule has 0 N–H and O–H groups in total. The van der Waals surface area contributed by atoms with Crippen LogP contribution in [-0.2, 0) is 0 Å². The van der Waals surface area contributed by atoms with Crippen LogP contribution in [0.2, 0.25) is 0 Å². The van der Waals surface area contributed by atoms with Crippen molar-refractivity contribution in [1.29, 1.82) is 0 Å². The van der Waals surface area contributed by atoms with Gasteiger partial charge in [-0.15, -0.1) is 0 Å². The summed E-state index contributed by atoms with van der Waals surface area (Å²) in [6.07, 6.45) is 3.71. The molecular weight excluding hydrogens is 416 g/mol. The van der Waals surface area contributed by atoms with Gasteiger partial charge >= 0.3 is 0 Å². The van der Waals surface area contributed by atoms with E-state index in [1.165, 1.54) is 16.2 Å². The van der Waals surface area contributed by atoms with Crippen molar-refractivity contribution in [3.05, 3.63) is 122 Å². The van der Waals surface area contributed by atoms with Crippen molar-refractivity contribution < 1.29 is 4.42 Å². The fourth-order valence-corrected chi connectivity index (χ4v) is 4.86. The van der Waals surface area contributed by atoms with Crippen LogP contribution in [0.3, 0.4) is 0 Å². The van der Waals surface area contributed by atoms with Crippen LogP contribution in [0, 0.1) is 0 Å². The van der Waals surface area contributed by atoms with Gasteiger partial charge in [-0.05, 0) is 52.1 Å². The van der Waals surface area contributed by atoms with Gasteiger partial charge in [0.05, 0.1) is 23.7 Å². The third kappa shape index (κ3) is 2.95. The Morgan fingerprint density at radius 1 is 0.588 bits per heavy atom. The van der Waals surface area contributed by atoms with E-state index < -0.39 is 0 Å². The smallest absolute Gasteiger partial charge is 0.133 e. The number of benzene rings is 4. The summed E-state index contributed by atoms with van der Waals surface area (Å²) in [4.78, 5) is 0. The minimum atomic E-state index is 0.860. The second kappa shape index (κ2) is 7.46. The summed E-state index contributed by atoms with van der Waals surface area (Å²) in [5.41, 5.74) is 6.63. The lowest BCUT2D eigenvalue weighted by molar-refractivity contribution is 0.582. The van der Waals surface area contributed by atoms with E-state index >= 15 is 0 Å². The van der Waals surface area contributed by atoms with E-state index in [0.29, 0.717) is 0 Å². The zero-order valence-electron chi connectivity index (χ0n) is 18.3. The largest absolute Gasteiger partial charge is 0.464 e. The molecule has 3 heteroatoms. The summed E-state index contributed by atoms with van der Waals surface area (Å²) in [5.74, 6) is 0.860. The van der Waals surface area contributed by atoms with Crippen molar-refractivity contribution >= 4 is 27.1 Å². The fraction of sp³-hybridized carbons (Fsp3) is 0. The van der Waals surface area contributed by atoms with Crippen LogP contribution in [-0.4, -0.2) is 9.61 Å². The monoisotopic (exact) mass is 436 g/mol. The van der Waals surface area contributed by atoms with Crippen LogP contribution in [0.15, 0.2) is 126 Å². The minimum Gasteiger partial charge on any atom is -0.464 e. The SMILES string of the molecule is c1ccc(-c2cc3ccc(-c4ccco4)cc3c3c(-c4ccc5ccccc5c4)cnn23)cc1. The number of furan rings is 1. The number of rotatable bonds is 3. The first-order valence-electron chi connectivity index (χ1n) is 11.4. The molecule has 3 nitrogen and oxygen atoms in total. The van der Waals surface area contributed by atoms with Gasteiger partial charge in [0.2, 0.25) is 0 Å². The standard InChI is InChI=1S/C31H20N2O/c1-2-8-22(9-3-1)29-19-25-14-15-26(30-11-6-16-34-30)18-27(25)31-28(20-32-33(29)31)24-13-12-21-7-4-5-10-23(21)17-24/h1-20H. The Bertz CT molecular complexity index is 1790. The van der Waals surface area contributed by atoms with Gasteiger partial charge in [-0.2, -0.15) is 5.10 Å². The van der Waals surface area contributed by atoms with Crippen LogP contribution >= 0.6 is 0 Å². The molecule has 4 aromatic carbocycles. The fourth-order valence-electron chi connectivity index (χ4n) is 4.86. The molecule has 0 aliphatic rings. The molecule has 3 heterocycles. The molecule has 0 aliphatic carbocycles. The molecule has 0 amide bonds. The highest BCUT2D eigenvalue weighted by Gasteiger charge is 2.16. The van der Waals surface area contributed by atoms with E-state index in [1.807, 2.05) is 24.4 Å². The topological polar surface area (TPSA) is 30.4 Å². The van der Waals surface area contributed by atoms with E-state index in [9.17, 15) is 0 Å². The van der Waals surface area contributed by atoms with Gasteiger partial charge in [0.25, 0.3) is 0 Å². The van der Waals surface area contributed by atoms with Crippen molar-refractivity contribution in [3.8, 4) is 33.7 Å². The molecule has 0 aliphatic heterocycles. The number of aromatic nitrogens is 2. The molecule has 0 spiro atoms. The van der Waals surface area contributed by atoms with E-state index in [2.05, 4.69) is 95.5 Å². The first-order valence-corrected chi connectivity index (χ1v) is 11.4. The van der Waals surface area contributed by atoms with Gasteiger partial charge in [0, 0.05) is 22.1 Å². The van der Waals surface area contributed by atoms with Gasteiger partial charge < -0.3 is 4.42 Å². The normalized spacial score (nSPS) is 11.5. The lowest BCUT2D eigenvalue weighted by Gasteiger charge is -2.12. The number of nitrogens with zero attached hydrogens (tertiary/aromatic N) is 2. The third-order valence-electron chi connectivity index (χ3n) is 6.53. The number of fused-ring (bicyclic) bond motifs is 4. The van der Waals surface area contributed by atoms with Crippen LogP contribution in [0.1, 0.15) is 0 Å².